The summed E-state index contributed by atoms with van der Waals surface area (Å²) < 4.78 is 10.9. The highest BCUT2D eigenvalue weighted by Crippen LogP contribution is 2.32. The number of methoxy groups -OCH3 is 2. The maximum absolute atomic E-state index is 5.54. The van der Waals surface area contributed by atoms with Crippen LogP contribution in [0.3, 0.4) is 0 Å². The van der Waals surface area contributed by atoms with Crippen LogP contribution in [0, 0.1) is 6.92 Å². The Morgan fingerprint density at radius 3 is 2.72 bits per heavy atom. The number of hydrogen-bond donors (Lipinski definition) is 1. The van der Waals surface area contributed by atoms with Crippen LogP contribution >= 0.6 is 0 Å². The van der Waals surface area contributed by atoms with Crippen LogP contribution in [-0.2, 0) is 19.5 Å². The molecule has 0 saturated carbocycles. The van der Waals surface area contributed by atoms with Crippen molar-refractivity contribution >= 4 is 11.6 Å². The van der Waals surface area contributed by atoms with Gasteiger partial charge in [-0.25, -0.2) is 15.0 Å². The van der Waals surface area contributed by atoms with Gasteiger partial charge in [0.15, 0.2) is 11.5 Å². The zero-order valence-electron chi connectivity index (χ0n) is 17.0. The van der Waals surface area contributed by atoms with E-state index in [1.165, 1.54) is 0 Å². The number of benzene rings is 1. The first-order valence-electron chi connectivity index (χ1n) is 9.63. The van der Waals surface area contributed by atoms with Crippen LogP contribution in [0.4, 0.5) is 11.6 Å². The summed E-state index contributed by atoms with van der Waals surface area (Å²) >= 11 is 0. The van der Waals surface area contributed by atoms with Crippen LogP contribution in [0.1, 0.15) is 22.4 Å². The second-order valence-corrected chi connectivity index (χ2v) is 7.02. The van der Waals surface area contributed by atoms with Gasteiger partial charge in [0.1, 0.15) is 18.0 Å². The Morgan fingerprint density at radius 2 is 1.97 bits per heavy atom. The van der Waals surface area contributed by atoms with Gasteiger partial charge in [-0.2, -0.15) is 0 Å². The summed E-state index contributed by atoms with van der Waals surface area (Å²) in [7, 11) is 3.30. The van der Waals surface area contributed by atoms with Gasteiger partial charge in [0.25, 0.3) is 0 Å². The van der Waals surface area contributed by atoms with Crippen molar-refractivity contribution in [2.75, 3.05) is 31.0 Å². The topological polar surface area (TPSA) is 72.4 Å². The number of fused-ring (bicyclic) bond motifs is 1. The van der Waals surface area contributed by atoms with E-state index in [0.29, 0.717) is 12.3 Å². The molecule has 0 fully saturated rings. The predicted molar refractivity (Wildman–Crippen MR) is 113 cm³/mol. The largest absolute Gasteiger partial charge is 0.493 e. The summed E-state index contributed by atoms with van der Waals surface area (Å²) in [6.07, 6.45) is 4.40. The molecule has 1 aliphatic rings. The smallest absolute Gasteiger partial charge is 0.165 e. The number of hydrogen-bond acceptors (Lipinski definition) is 7. The molecule has 150 valence electrons. The van der Waals surface area contributed by atoms with Crippen LogP contribution in [0.15, 0.2) is 42.9 Å². The van der Waals surface area contributed by atoms with Gasteiger partial charge in [0, 0.05) is 43.4 Å². The third-order valence-corrected chi connectivity index (χ3v) is 5.15. The van der Waals surface area contributed by atoms with Gasteiger partial charge in [-0.15, -0.1) is 0 Å². The Labute approximate surface area is 170 Å². The van der Waals surface area contributed by atoms with Crippen molar-refractivity contribution in [3.05, 3.63) is 65.2 Å². The molecular weight excluding hydrogens is 366 g/mol. The Kier molecular flexibility index (Phi) is 5.46. The summed E-state index contributed by atoms with van der Waals surface area (Å²) in [6.45, 7) is 4.24. The van der Waals surface area contributed by atoms with Crippen LogP contribution < -0.4 is 19.7 Å². The normalized spacial score (nSPS) is 13.0. The minimum atomic E-state index is 0.576. The van der Waals surface area contributed by atoms with Gasteiger partial charge < -0.3 is 19.7 Å². The van der Waals surface area contributed by atoms with E-state index in [1.807, 2.05) is 31.3 Å². The van der Waals surface area contributed by atoms with E-state index in [4.69, 9.17) is 9.47 Å². The molecule has 1 aromatic carbocycles. The zero-order chi connectivity index (χ0) is 20.2. The standard InChI is InChI=1S/C22H25N5O2/c1-15-7-8-20(23-11-15)27-10-9-18-17(13-27)22(26-14-25-18)24-12-16-5-4-6-19(28-2)21(16)29-3/h4-8,11,14H,9-10,12-13H2,1-3H3,(H,24,25,26). The fourth-order valence-corrected chi connectivity index (χ4v) is 3.61. The number of rotatable bonds is 6. The quantitative estimate of drug-likeness (QED) is 0.691. The van der Waals surface area contributed by atoms with Crippen molar-refractivity contribution in [3.8, 4) is 11.5 Å². The molecule has 0 atom stereocenters. The molecule has 1 aliphatic heterocycles. The Hall–Kier alpha value is -3.35. The average molecular weight is 391 g/mol. The SMILES string of the molecule is COc1cccc(CNc2ncnc3c2CN(c2ccc(C)cn2)CC3)c1OC. The summed E-state index contributed by atoms with van der Waals surface area (Å²) in [4.78, 5) is 15.8. The van der Waals surface area contributed by atoms with E-state index in [2.05, 4.69) is 37.3 Å². The van der Waals surface area contributed by atoms with Crippen molar-refractivity contribution in [1.82, 2.24) is 15.0 Å². The molecule has 0 radical (unpaired) electrons. The minimum absolute atomic E-state index is 0.576. The second kappa shape index (κ2) is 8.34. The molecule has 3 aromatic rings. The van der Waals surface area contributed by atoms with Gasteiger partial charge in [-0.1, -0.05) is 18.2 Å². The van der Waals surface area contributed by atoms with Gasteiger partial charge in [-0.05, 0) is 24.6 Å². The summed E-state index contributed by atoms with van der Waals surface area (Å²) in [5, 5.41) is 3.46. The van der Waals surface area contributed by atoms with Crippen molar-refractivity contribution in [2.45, 2.75) is 26.4 Å². The molecule has 0 spiro atoms. The van der Waals surface area contributed by atoms with Gasteiger partial charge >= 0.3 is 0 Å². The molecule has 3 heterocycles. The van der Waals surface area contributed by atoms with Crippen molar-refractivity contribution in [2.24, 2.45) is 0 Å². The first kappa shape index (κ1) is 19.0. The summed E-state index contributed by atoms with van der Waals surface area (Å²) in [5.41, 5.74) is 4.36. The zero-order valence-corrected chi connectivity index (χ0v) is 17.0. The first-order valence-corrected chi connectivity index (χ1v) is 9.63. The van der Waals surface area contributed by atoms with E-state index < -0.39 is 0 Å². The Bertz CT molecular complexity index is 991. The lowest BCUT2D eigenvalue weighted by Gasteiger charge is -2.30. The average Bonchev–Trinajstić information content (AvgIpc) is 2.77. The number of ether oxygens (including phenoxy) is 2. The maximum atomic E-state index is 5.54. The fraction of sp³-hybridized carbons (Fsp3) is 0.318. The van der Waals surface area contributed by atoms with Gasteiger partial charge in [0.05, 0.1) is 19.9 Å². The summed E-state index contributed by atoms with van der Waals surface area (Å²) in [6, 6.07) is 10.0. The van der Waals surface area contributed by atoms with Gasteiger partial charge in [-0.3, -0.25) is 0 Å². The monoisotopic (exact) mass is 391 g/mol. The Morgan fingerprint density at radius 1 is 1.07 bits per heavy atom. The molecule has 0 aliphatic carbocycles. The third kappa shape index (κ3) is 3.94. The van der Waals surface area contributed by atoms with Crippen LogP contribution in [0.2, 0.25) is 0 Å². The first-order chi connectivity index (χ1) is 14.2. The molecular formula is C22H25N5O2. The number of aromatic nitrogens is 3. The van der Waals surface area contributed by atoms with Crippen molar-refractivity contribution < 1.29 is 9.47 Å². The van der Waals surface area contributed by atoms with Crippen molar-refractivity contribution in [3.63, 3.8) is 0 Å². The lowest BCUT2D eigenvalue weighted by molar-refractivity contribution is 0.352. The molecule has 7 heteroatoms. The van der Waals surface area contributed by atoms with E-state index in [9.17, 15) is 0 Å². The summed E-state index contributed by atoms with van der Waals surface area (Å²) in [5.74, 6) is 3.27. The minimum Gasteiger partial charge on any atom is -0.493 e. The molecule has 2 aromatic heterocycles. The second-order valence-electron chi connectivity index (χ2n) is 7.02. The lowest BCUT2D eigenvalue weighted by atomic mass is 10.1. The molecule has 4 rings (SSSR count). The van der Waals surface area contributed by atoms with Crippen LogP contribution in [0.25, 0.3) is 0 Å². The van der Waals surface area contributed by atoms with Crippen LogP contribution in [-0.4, -0.2) is 35.7 Å². The van der Waals surface area contributed by atoms with E-state index in [1.54, 1.807) is 20.5 Å². The van der Waals surface area contributed by atoms with E-state index in [-0.39, 0.29) is 0 Å². The molecule has 29 heavy (non-hydrogen) atoms. The fourth-order valence-electron chi connectivity index (χ4n) is 3.61. The number of para-hydroxylation sites is 1. The molecule has 1 N–H and O–H groups in total. The van der Waals surface area contributed by atoms with Crippen LogP contribution in [0.5, 0.6) is 11.5 Å². The third-order valence-electron chi connectivity index (χ3n) is 5.15. The highest BCUT2D eigenvalue weighted by molar-refractivity contribution is 5.54. The molecule has 0 saturated heterocycles. The number of aryl methyl sites for hydroxylation is 1. The molecule has 0 unspecified atom stereocenters. The van der Waals surface area contributed by atoms with E-state index in [0.717, 1.165) is 59.3 Å². The number of nitrogens with zero attached hydrogens (tertiary/aromatic N) is 4. The highest BCUT2D eigenvalue weighted by Gasteiger charge is 2.22. The maximum Gasteiger partial charge on any atom is 0.165 e. The molecule has 0 amide bonds. The Balaban J connectivity index is 1.56. The van der Waals surface area contributed by atoms with E-state index >= 15 is 0 Å². The van der Waals surface area contributed by atoms with Crippen molar-refractivity contribution in [1.29, 1.82) is 0 Å². The van der Waals surface area contributed by atoms with Gasteiger partial charge in [0.2, 0.25) is 0 Å². The predicted octanol–water partition coefficient (Wildman–Crippen LogP) is 3.37. The highest BCUT2D eigenvalue weighted by atomic mass is 16.5. The molecule has 7 nitrogen and oxygen atoms in total. The molecule has 0 bridgehead atoms. The number of anilines is 2. The lowest BCUT2D eigenvalue weighted by Crippen LogP contribution is -2.32. The number of pyridine rings is 1. The number of nitrogens with one attached hydrogen (secondary N) is 1.